The molecule has 0 aliphatic rings. The second-order valence-corrected chi connectivity index (χ2v) is 6.71. The highest BCUT2D eigenvalue weighted by Gasteiger charge is 2.21. The quantitative estimate of drug-likeness (QED) is 0.790. The van der Waals surface area contributed by atoms with E-state index in [-0.39, 0.29) is 5.97 Å². The molecule has 0 unspecified atom stereocenters. The van der Waals surface area contributed by atoms with Crippen LogP contribution >= 0.6 is 22.7 Å². The molecule has 0 saturated carbocycles. The summed E-state index contributed by atoms with van der Waals surface area (Å²) in [5, 5.41) is 2.94. The summed E-state index contributed by atoms with van der Waals surface area (Å²) < 4.78 is 4.79. The van der Waals surface area contributed by atoms with Crippen molar-refractivity contribution in [1.82, 2.24) is 4.98 Å². The number of hydrogen-bond acceptors (Lipinski definition) is 6. The van der Waals surface area contributed by atoms with Crippen LogP contribution in [-0.2, 0) is 11.3 Å². The summed E-state index contributed by atoms with van der Waals surface area (Å²) in [6.07, 6.45) is 0. The van der Waals surface area contributed by atoms with Gasteiger partial charge in [0.05, 0.1) is 19.3 Å². The molecule has 4 nitrogen and oxygen atoms in total. The van der Waals surface area contributed by atoms with E-state index in [1.165, 1.54) is 23.3 Å². The number of rotatable bonds is 5. The van der Waals surface area contributed by atoms with Gasteiger partial charge in [0, 0.05) is 10.9 Å². The average molecular weight is 310 g/mol. The van der Waals surface area contributed by atoms with Crippen molar-refractivity contribution in [3.63, 3.8) is 0 Å². The fourth-order valence-electron chi connectivity index (χ4n) is 1.83. The number of methoxy groups -OCH3 is 1. The Morgan fingerprint density at radius 1 is 1.50 bits per heavy atom. The van der Waals surface area contributed by atoms with Gasteiger partial charge in [0.15, 0.2) is 5.13 Å². The molecule has 2 heterocycles. The zero-order chi connectivity index (χ0) is 14.7. The number of carbonyl (C=O) groups excluding carboxylic acids is 1. The number of aryl methyl sites for hydroxylation is 1. The first-order valence-corrected chi connectivity index (χ1v) is 8.07. The molecule has 2 aromatic heterocycles. The summed E-state index contributed by atoms with van der Waals surface area (Å²) in [5.74, 6) is -0.314. The Morgan fingerprint density at radius 2 is 2.25 bits per heavy atom. The molecular weight excluding hydrogens is 292 g/mol. The average Bonchev–Trinajstić information content (AvgIpc) is 3.04. The lowest BCUT2D eigenvalue weighted by molar-refractivity contribution is 0.0605. The Kier molecular flexibility index (Phi) is 4.77. The van der Waals surface area contributed by atoms with Crippen LogP contribution in [0.25, 0.3) is 0 Å². The van der Waals surface area contributed by atoms with Crippen molar-refractivity contribution < 1.29 is 9.53 Å². The Bertz CT molecular complexity index is 576. The van der Waals surface area contributed by atoms with E-state index < -0.39 is 0 Å². The first kappa shape index (κ1) is 15.0. The van der Waals surface area contributed by atoms with Gasteiger partial charge in [0.2, 0.25) is 0 Å². The summed E-state index contributed by atoms with van der Waals surface area (Å²) in [7, 11) is 1.40. The number of thiophene rings is 1. The minimum Gasteiger partial charge on any atom is -0.465 e. The lowest BCUT2D eigenvalue weighted by Gasteiger charge is -2.25. The minimum absolute atomic E-state index is 0.313. The SMILES string of the molecule is COC(=O)c1sc(N(Cc2cccs2)C(C)C)nc1C. The number of ether oxygens (including phenoxy) is 1. The molecule has 0 atom stereocenters. The van der Waals surface area contributed by atoms with Gasteiger partial charge in [-0.05, 0) is 32.2 Å². The van der Waals surface area contributed by atoms with E-state index in [1.807, 2.05) is 13.0 Å². The maximum atomic E-state index is 11.7. The second kappa shape index (κ2) is 6.37. The van der Waals surface area contributed by atoms with Crippen LogP contribution < -0.4 is 4.90 Å². The van der Waals surface area contributed by atoms with Gasteiger partial charge in [-0.15, -0.1) is 11.3 Å². The van der Waals surface area contributed by atoms with Gasteiger partial charge in [-0.2, -0.15) is 0 Å². The molecule has 0 aliphatic heterocycles. The van der Waals surface area contributed by atoms with E-state index in [0.717, 1.165) is 17.4 Å². The summed E-state index contributed by atoms with van der Waals surface area (Å²) in [5.41, 5.74) is 0.730. The Balaban J connectivity index is 2.28. The maximum absolute atomic E-state index is 11.7. The molecule has 0 bridgehead atoms. The predicted molar refractivity (Wildman–Crippen MR) is 83.8 cm³/mol. The molecule has 0 radical (unpaired) electrons. The fourth-order valence-corrected chi connectivity index (χ4v) is 3.65. The van der Waals surface area contributed by atoms with Gasteiger partial charge >= 0.3 is 5.97 Å². The number of aromatic nitrogens is 1. The van der Waals surface area contributed by atoms with Crippen LogP contribution in [0.1, 0.15) is 34.1 Å². The number of hydrogen-bond donors (Lipinski definition) is 0. The summed E-state index contributed by atoms with van der Waals surface area (Å²) >= 11 is 3.12. The van der Waals surface area contributed by atoms with Crippen LogP contribution in [0.4, 0.5) is 5.13 Å². The minimum atomic E-state index is -0.314. The van der Waals surface area contributed by atoms with Crippen molar-refractivity contribution in [3.05, 3.63) is 33.0 Å². The zero-order valence-electron chi connectivity index (χ0n) is 12.0. The lowest BCUT2D eigenvalue weighted by atomic mass is 10.3. The zero-order valence-corrected chi connectivity index (χ0v) is 13.7. The van der Waals surface area contributed by atoms with Crippen molar-refractivity contribution >= 4 is 33.8 Å². The summed E-state index contributed by atoms with van der Waals surface area (Å²) in [6.45, 7) is 6.91. The number of thiazole rings is 1. The van der Waals surface area contributed by atoms with Crippen molar-refractivity contribution in [1.29, 1.82) is 0 Å². The molecule has 2 rings (SSSR count). The van der Waals surface area contributed by atoms with Crippen molar-refractivity contribution in [3.8, 4) is 0 Å². The maximum Gasteiger partial charge on any atom is 0.350 e. The molecule has 0 aromatic carbocycles. The monoisotopic (exact) mass is 310 g/mol. The van der Waals surface area contributed by atoms with Gasteiger partial charge < -0.3 is 9.64 Å². The Hall–Kier alpha value is -1.40. The first-order valence-electron chi connectivity index (χ1n) is 6.37. The number of anilines is 1. The summed E-state index contributed by atoms with van der Waals surface area (Å²) in [6, 6.07) is 4.47. The largest absolute Gasteiger partial charge is 0.465 e. The van der Waals surface area contributed by atoms with Gasteiger partial charge in [-0.3, -0.25) is 0 Å². The first-order chi connectivity index (χ1) is 9.52. The molecule has 0 amide bonds. The molecule has 0 fully saturated rings. The third-order valence-corrected chi connectivity index (χ3v) is 4.97. The van der Waals surface area contributed by atoms with E-state index >= 15 is 0 Å². The van der Waals surface area contributed by atoms with Crippen LogP contribution in [0.2, 0.25) is 0 Å². The standard InChI is InChI=1S/C14H18N2O2S2/c1-9(2)16(8-11-6-5-7-19-11)14-15-10(3)12(20-14)13(17)18-4/h5-7,9H,8H2,1-4H3. The van der Waals surface area contributed by atoms with E-state index in [1.54, 1.807) is 11.3 Å². The number of carbonyl (C=O) groups is 1. The molecule has 2 aromatic rings. The smallest absolute Gasteiger partial charge is 0.350 e. The van der Waals surface area contributed by atoms with Crippen LogP contribution in [0.3, 0.4) is 0 Å². The highest BCUT2D eigenvalue weighted by molar-refractivity contribution is 7.17. The molecule has 6 heteroatoms. The van der Waals surface area contributed by atoms with Crippen LogP contribution in [0.5, 0.6) is 0 Å². The molecule has 0 aliphatic carbocycles. The van der Waals surface area contributed by atoms with Crippen LogP contribution in [-0.4, -0.2) is 24.1 Å². The summed E-state index contributed by atoms with van der Waals surface area (Å²) in [4.78, 5) is 20.3. The fraction of sp³-hybridized carbons (Fsp3) is 0.429. The van der Waals surface area contributed by atoms with Crippen LogP contribution in [0, 0.1) is 6.92 Å². The third kappa shape index (κ3) is 3.19. The Morgan fingerprint density at radius 3 is 2.80 bits per heavy atom. The normalized spacial score (nSPS) is 10.8. The van der Waals surface area contributed by atoms with Gasteiger partial charge in [0.25, 0.3) is 0 Å². The molecule has 108 valence electrons. The molecule has 0 spiro atoms. The van der Waals surface area contributed by atoms with Crippen LogP contribution in [0.15, 0.2) is 17.5 Å². The molecular formula is C14H18N2O2S2. The van der Waals surface area contributed by atoms with E-state index in [4.69, 9.17) is 4.74 Å². The van der Waals surface area contributed by atoms with E-state index in [0.29, 0.717) is 10.9 Å². The highest BCUT2D eigenvalue weighted by atomic mass is 32.1. The highest BCUT2D eigenvalue weighted by Crippen LogP contribution is 2.29. The van der Waals surface area contributed by atoms with E-state index in [2.05, 4.69) is 35.2 Å². The molecule has 0 saturated heterocycles. The molecule has 20 heavy (non-hydrogen) atoms. The lowest BCUT2D eigenvalue weighted by Crippen LogP contribution is -2.29. The van der Waals surface area contributed by atoms with E-state index in [9.17, 15) is 4.79 Å². The number of esters is 1. The topological polar surface area (TPSA) is 42.4 Å². The van der Waals surface area contributed by atoms with Gasteiger partial charge in [-0.25, -0.2) is 9.78 Å². The van der Waals surface area contributed by atoms with Gasteiger partial charge in [-0.1, -0.05) is 17.4 Å². The Labute approximate surface area is 127 Å². The van der Waals surface area contributed by atoms with Crippen molar-refractivity contribution in [2.45, 2.75) is 33.4 Å². The predicted octanol–water partition coefficient (Wildman–Crippen LogP) is 3.71. The van der Waals surface area contributed by atoms with Gasteiger partial charge in [0.1, 0.15) is 4.88 Å². The van der Waals surface area contributed by atoms with Crippen molar-refractivity contribution in [2.75, 3.05) is 12.0 Å². The third-order valence-electron chi connectivity index (χ3n) is 2.93. The number of nitrogens with zero attached hydrogens (tertiary/aromatic N) is 2. The molecule has 0 N–H and O–H groups in total. The van der Waals surface area contributed by atoms with Crippen molar-refractivity contribution in [2.24, 2.45) is 0 Å². The second-order valence-electron chi connectivity index (χ2n) is 4.70.